The SMILES string of the molecule is Cc1ccc(C(CC(F)(F)F)NN)c(C)c1. The highest BCUT2D eigenvalue weighted by atomic mass is 19.4. The highest BCUT2D eigenvalue weighted by Gasteiger charge is 2.32. The molecule has 0 heterocycles. The van der Waals surface area contributed by atoms with Crippen LogP contribution in [0.3, 0.4) is 0 Å². The first kappa shape index (κ1) is 13.0. The van der Waals surface area contributed by atoms with Crippen molar-refractivity contribution in [2.24, 2.45) is 5.84 Å². The molecule has 1 aromatic carbocycles. The molecule has 1 atom stereocenters. The second kappa shape index (κ2) is 4.84. The lowest BCUT2D eigenvalue weighted by molar-refractivity contribution is -0.140. The van der Waals surface area contributed by atoms with Crippen molar-refractivity contribution in [3.05, 3.63) is 34.9 Å². The fourth-order valence-electron chi connectivity index (χ4n) is 1.71. The number of rotatable bonds is 3. The van der Waals surface area contributed by atoms with E-state index in [9.17, 15) is 13.2 Å². The Labute approximate surface area is 92.6 Å². The molecular formula is C11H15F3N2. The van der Waals surface area contributed by atoms with E-state index in [1.54, 1.807) is 19.1 Å². The molecule has 1 aromatic rings. The summed E-state index contributed by atoms with van der Waals surface area (Å²) in [4.78, 5) is 0. The van der Waals surface area contributed by atoms with Crippen molar-refractivity contribution in [3.63, 3.8) is 0 Å². The Morgan fingerprint density at radius 3 is 2.38 bits per heavy atom. The van der Waals surface area contributed by atoms with Gasteiger partial charge in [0, 0.05) is 0 Å². The van der Waals surface area contributed by atoms with Gasteiger partial charge in [-0.05, 0) is 25.0 Å². The van der Waals surface area contributed by atoms with E-state index < -0.39 is 18.6 Å². The van der Waals surface area contributed by atoms with Gasteiger partial charge in [-0.15, -0.1) is 0 Å². The van der Waals surface area contributed by atoms with Crippen LogP contribution in [0.5, 0.6) is 0 Å². The molecule has 5 heteroatoms. The second-order valence-electron chi connectivity index (χ2n) is 3.90. The monoisotopic (exact) mass is 232 g/mol. The van der Waals surface area contributed by atoms with Gasteiger partial charge in [-0.1, -0.05) is 23.8 Å². The van der Waals surface area contributed by atoms with E-state index in [2.05, 4.69) is 5.43 Å². The Balaban J connectivity index is 2.95. The van der Waals surface area contributed by atoms with E-state index in [0.29, 0.717) is 5.56 Å². The molecule has 0 saturated heterocycles. The fraction of sp³-hybridized carbons (Fsp3) is 0.455. The predicted molar refractivity (Wildman–Crippen MR) is 56.7 cm³/mol. The first-order valence-corrected chi connectivity index (χ1v) is 4.93. The largest absolute Gasteiger partial charge is 0.390 e. The molecule has 0 aliphatic carbocycles. The standard InChI is InChI=1S/C11H15F3N2/c1-7-3-4-9(8(2)5-7)10(16-15)6-11(12,13)14/h3-5,10,16H,6,15H2,1-2H3. The van der Waals surface area contributed by atoms with Crippen LogP contribution in [0.2, 0.25) is 0 Å². The molecule has 0 bridgehead atoms. The number of hydrazine groups is 1. The van der Waals surface area contributed by atoms with Crippen molar-refractivity contribution >= 4 is 0 Å². The van der Waals surface area contributed by atoms with Crippen molar-refractivity contribution in [1.29, 1.82) is 0 Å². The number of alkyl halides is 3. The summed E-state index contributed by atoms with van der Waals surface area (Å²) in [5.41, 5.74) is 4.63. The van der Waals surface area contributed by atoms with Gasteiger partial charge >= 0.3 is 6.18 Å². The summed E-state index contributed by atoms with van der Waals surface area (Å²) < 4.78 is 36.9. The molecule has 0 saturated carbocycles. The molecule has 1 rings (SSSR count). The smallest absolute Gasteiger partial charge is 0.271 e. The van der Waals surface area contributed by atoms with Gasteiger partial charge in [0.15, 0.2) is 0 Å². The molecule has 2 nitrogen and oxygen atoms in total. The van der Waals surface area contributed by atoms with Gasteiger partial charge in [0.2, 0.25) is 0 Å². The molecule has 0 aliphatic heterocycles. The molecule has 16 heavy (non-hydrogen) atoms. The quantitative estimate of drug-likeness (QED) is 0.621. The first-order valence-electron chi connectivity index (χ1n) is 4.93. The summed E-state index contributed by atoms with van der Waals surface area (Å²) in [7, 11) is 0. The average molecular weight is 232 g/mol. The predicted octanol–water partition coefficient (Wildman–Crippen LogP) is 2.76. The Bertz CT molecular complexity index is 361. The number of hydrogen-bond donors (Lipinski definition) is 2. The molecule has 1 unspecified atom stereocenters. The number of nitrogens with one attached hydrogen (secondary N) is 1. The van der Waals surface area contributed by atoms with Crippen LogP contribution in [0.1, 0.15) is 29.2 Å². The van der Waals surface area contributed by atoms with Crippen molar-refractivity contribution in [1.82, 2.24) is 5.43 Å². The Kier molecular flexibility index (Phi) is 3.93. The Morgan fingerprint density at radius 2 is 1.94 bits per heavy atom. The highest BCUT2D eigenvalue weighted by molar-refractivity contribution is 5.32. The Hall–Kier alpha value is -1.07. The van der Waals surface area contributed by atoms with Crippen molar-refractivity contribution < 1.29 is 13.2 Å². The molecular weight excluding hydrogens is 217 g/mol. The summed E-state index contributed by atoms with van der Waals surface area (Å²) in [5.74, 6) is 5.17. The maximum absolute atomic E-state index is 12.3. The molecule has 0 amide bonds. The van der Waals surface area contributed by atoms with Crippen LogP contribution in [-0.4, -0.2) is 6.18 Å². The molecule has 0 spiro atoms. The Morgan fingerprint density at radius 1 is 1.31 bits per heavy atom. The minimum atomic E-state index is -4.23. The van der Waals surface area contributed by atoms with Crippen LogP contribution >= 0.6 is 0 Å². The first-order chi connectivity index (χ1) is 7.33. The van der Waals surface area contributed by atoms with Gasteiger partial charge in [-0.3, -0.25) is 11.3 Å². The topological polar surface area (TPSA) is 38.0 Å². The van der Waals surface area contributed by atoms with Crippen molar-refractivity contribution in [2.75, 3.05) is 0 Å². The van der Waals surface area contributed by atoms with Gasteiger partial charge in [-0.25, -0.2) is 0 Å². The number of benzene rings is 1. The fourth-order valence-corrected chi connectivity index (χ4v) is 1.71. The zero-order valence-electron chi connectivity index (χ0n) is 9.23. The molecule has 0 aromatic heterocycles. The minimum absolute atomic E-state index is 0.588. The lowest BCUT2D eigenvalue weighted by atomic mass is 9.97. The zero-order valence-corrected chi connectivity index (χ0v) is 9.23. The third kappa shape index (κ3) is 3.50. The van der Waals surface area contributed by atoms with Crippen LogP contribution in [0.25, 0.3) is 0 Å². The number of hydrogen-bond acceptors (Lipinski definition) is 2. The van der Waals surface area contributed by atoms with E-state index in [1.807, 2.05) is 13.0 Å². The number of aryl methyl sites for hydroxylation is 2. The van der Waals surface area contributed by atoms with Crippen LogP contribution in [0.4, 0.5) is 13.2 Å². The van der Waals surface area contributed by atoms with E-state index in [0.717, 1.165) is 11.1 Å². The van der Waals surface area contributed by atoms with Gasteiger partial charge in [0.1, 0.15) is 0 Å². The normalized spacial score (nSPS) is 13.9. The van der Waals surface area contributed by atoms with Crippen LogP contribution in [0, 0.1) is 13.8 Å². The van der Waals surface area contributed by atoms with Gasteiger partial charge in [0.05, 0.1) is 12.5 Å². The highest BCUT2D eigenvalue weighted by Crippen LogP contribution is 2.30. The molecule has 0 radical (unpaired) electrons. The van der Waals surface area contributed by atoms with Crippen molar-refractivity contribution in [2.45, 2.75) is 32.5 Å². The zero-order chi connectivity index (χ0) is 12.3. The lowest BCUT2D eigenvalue weighted by Gasteiger charge is -2.20. The second-order valence-corrected chi connectivity index (χ2v) is 3.90. The van der Waals surface area contributed by atoms with E-state index >= 15 is 0 Å². The van der Waals surface area contributed by atoms with E-state index in [-0.39, 0.29) is 0 Å². The van der Waals surface area contributed by atoms with E-state index in [1.165, 1.54) is 0 Å². The lowest BCUT2D eigenvalue weighted by Crippen LogP contribution is -2.32. The molecule has 0 fully saturated rings. The van der Waals surface area contributed by atoms with Gasteiger partial charge in [0.25, 0.3) is 0 Å². The average Bonchev–Trinajstić information content (AvgIpc) is 2.13. The number of halogens is 3. The third-order valence-corrected chi connectivity index (χ3v) is 2.44. The molecule has 90 valence electrons. The summed E-state index contributed by atoms with van der Waals surface area (Å²) in [6.45, 7) is 3.68. The van der Waals surface area contributed by atoms with Gasteiger partial charge in [-0.2, -0.15) is 13.2 Å². The maximum Gasteiger partial charge on any atom is 0.390 e. The molecule has 3 N–H and O–H groups in total. The van der Waals surface area contributed by atoms with Crippen LogP contribution in [-0.2, 0) is 0 Å². The number of nitrogens with two attached hydrogens (primary N) is 1. The van der Waals surface area contributed by atoms with Crippen LogP contribution < -0.4 is 11.3 Å². The summed E-state index contributed by atoms with van der Waals surface area (Å²) in [6, 6.07) is 4.42. The summed E-state index contributed by atoms with van der Waals surface area (Å²) in [6.07, 6.45) is -5.19. The van der Waals surface area contributed by atoms with Crippen molar-refractivity contribution in [3.8, 4) is 0 Å². The van der Waals surface area contributed by atoms with Crippen LogP contribution in [0.15, 0.2) is 18.2 Å². The maximum atomic E-state index is 12.3. The summed E-state index contributed by atoms with van der Waals surface area (Å²) in [5, 5.41) is 0. The minimum Gasteiger partial charge on any atom is -0.271 e. The van der Waals surface area contributed by atoms with E-state index in [4.69, 9.17) is 5.84 Å². The molecule has 0 aliphatic rings. The van der Waals surface area contributed by atoms with Gasteiger partial charge < -0.3 is 0 Å². The summed E-state index contributed by atoms with van der Waals surface area (Å²) >= 11 is 0. The third-order valence-electron chi connectivity index (χ3n) is 2.44.